The molecule has 0 bridgehead atoms. The summed E-state index contributed by atoms with van der Waals surface area (Å²) in [6.45, 7) is 2.11. The van der Waals surface area contributed by atoms with Crippen LogP contribution in [0.2, 0.25) is 0 Å². The highest BCUT2D eigenvalue weighted by atomic mass is 19.1. The Kier molecular flexibility index (Phi) is 5.83. The van der Waals surface area contributed by atoms with Crippen molar-refractivity contribution in [3.05, 3.63) is 89.9 Å². The van der Waals surface area contributed by atoms with Gasteiger partial charge in [0, 0.05) is 22.9 Å². The number of benzene rings is 3. The molecule has 2 unspecified atom stereocenters. The molecule has 2 nitrogen and oxygen atoms in total. The van der Waals surface area contributed by atoms with Crippen LogP contribution in [0, 0.1) is 24.6 Å². The van der Waals surface area contributed by atoms with Gasteiger partial charge in [-0.1, -0.05) is 68.5 Å². The standard InChI is InChI=1S/C35H35FNO/c1-22-13-18-28-29-19-20-30(36)33(35(29)38-34(28)32(22)31-12-5-6-21-37(31)2)25-16-14-24(15-17-25)27-11-7-10-26(27)23-8-3-4-9-23/h5-6,12-21,23,26-27H,3-4,7-11H2,1-2H3/q+1. The molecule has 2 heterocycles. The van der Waals surface area contributed by atoms with Gasteiger partial charge in [0.25, 0.3) is 0 Å². The Morgan fingerprint density at radius 1 is 0.763 bits per heavy atom. The van der Waals surface area contributed by atoms with Crippen molar-refractivity contribution in [1.82, 2.24) is 0 Å². The molecule has 2 aliphatic rings. The first-order valence-electron chi connectivity index (χ1n) is 14.3. The molecule has 2 aromatic heterocycles. The third-order valence-electron chi connectivity index (χ3n) is 9.48. The van der Waals surface area contributed by atoms with Gasteiger partial charge in [-0.3, -0.25) is 0 Å². The SMILES string of the molecule is Cc1ccc2c(oc3c(-c4ccc(C5CCCC5C5CCCC5)cc4)c(F)ccc32)c1-c1cccc[n+]1C. The number of rotatable bonds is 4. The molecule has 0 saturated heterocycles. The van der Waals surface area contributed by atoms with E-state index in [1.165, 1.54) is 50.5 Å². The van der Waals surface area contributed by atoms with E-state index in [0.29, 0.717) is 17.1 Å². The number of fused-ring (bicyclic) bond motifs is 3. The van der Waals surface area contributed by atoms with E-state index in [0.717, 1.165) is 50.6 Å². The number of halogens is 1. The summed E-state index contributed by atoms with van der Waals surface area (Å²) < 4.78 is 24.2. The predicted molar refractivity (Wildman–Crippen MR) is 153 cm³/mol. The van der Waals surface area contributed by atoms with Crippen molar-refractivity contribution in [2.45, 2.75) is 57.8 Å². The van der Waals surface area contributed by atoms with Crippen LogP contribution in [0.25, 0.3) is 44.3 Å². The van der Waals surface area contributed by atoms with E-state index in [1.54, 1.807) is 6.07 Å². The van der Waals surface area contributed by atoms with Gasteiger partial charge in [-0.15, -0.1) is 0 Å². The van der Waals surface area contributed by atoms with E-state index in [4.69, 9.17) is 4.42 Å². The van der Waals surface area contributed by atoms with Crippen LogP contribution in [0.1, 0.15) is 62.0 Å². The summed E-state index contributed by atoms with van der Waals surface area (Å²) in [4.78, 5) is 0. The monoisotopic (exact) mass is 504 g/mol. The fraction of sp³-hybridized carbons (Fsp3) is 0.343. The van der Waals surface area contributed by atoms with E-state index in [9.17, 15) is 0 Å². The third kappa shape index (κ3) is 3.78. The lowest BCUT2D eigenvalue weighted by atomic mass is 9.79. The first-order chi connectivity index (χ1) is 18.6. The maximum absolute atomic E-state index is 15.5. The molecule has 5 aromatic rings. The van der Waals surface area contributed by atoms with Crippen molar-refractivity contribution in [1.29, 1.82) is 0 Å². The van der Waals surface area contributed by atoms with Gasteiger partial charge >= 0.3 is 0 Å². The summed E-state index contributed by atoms with van der Waals surface area (Å²) >= 11 is 0. The number of nitrogens with zero attached hydrogens (tertiary/aromatic N) is 1. The Bertz CT molecular complexity index is 1640. The van der Waals surface area contributed by atoms with Crippen molar-refractivity contribution in [3.63, 3.8) is 0 Å². The average Bonchev–Trinajstić information content (AvgIpc) is 3.69. The lowest BCUT2D eigenvalue weighted by Crippen LogP contribution is -2.30. The highest BCUT2D eigenvalue weighted by Gasteiger charge is 2.35. The number of furan rings is 1. The Morgan fingerprint density at radius 3 is 2.26 bits per heavy atom. The molecular formula is C35H35FNO+. The van der Waals surface area contributed by atoms with Crippen LogP contribution < -0.4 is 4.57 Å². The van der Waals surface area contributed by atoms with Gasteiger partial charge in [-0.05, 0) is 72.4 Å². The smallest absolute Gasteiger partial charge is 0.216 e. The lowest BCUT2D eigenvalue weighted by molar-refractivity contribution is -0.660. The van der Waals surface area contributed by atoms with Gasteiger partial charge in [-0.2, -0.15) is 0 Å². The van der Waals surface area contributed by atoms with E-state index >= 15 is 4.39 Å². The summed E-state index contributed by atoms with van der Waals surface area (Å²) in [7, 11) is 2.05. The predicted octanol–water partition coefficient (Wildman–Crippen LogP) is 9.27. The number of aromatic nitrogens is 1. The fourth-order valence-electron chi connectivity index (χ4n) is 7.60. The van der Waals surface area contributed by atoms with Crippen LogP contribution >= 0.6 is 0 Å². The fourth-order valence-corrected chi connectivity index (χ4v) is 7.60. The van der Waals surface area contributed by atoms with E-state index in [1.807, 2.05) is 31.4 Å². The van der Waals surface area contributed by atoms with Crippen LogP contribution in [-0.2, 0) is 7.05 Å². The summed E-state index contributed by atoms with van der Waals surface area (Å²) in [5, 5.41) is 1.98. The largest absolute Gasteiger partial charge is 0.454 e. The maximum atomic E-state index is 15.5. The molecule has 38 heavy (non-hydrogen) atoms. The van der Waals surface area contributed by atoms with Crippen molar-refractivity contribution < 1.29 is 13.4 Å². The molecular weight excluding hydrogens is 469 g/mol. The van der Waals surface area contributed by atoms with Crippen molar-refractivity contribution in [2.24, 2.45) is 18.9 Å². The molecule has 0 spiro atoms. The first-order valence-corrected chi connectivity index (χ1v) is 14.3. The van der Waals surface area contributed by atoms with E-state index in [2.05, 4.69) is 54.0 Å². The third-order valence-corrected chi connectivity index (χ3v) is 9.48. The van der Waals surface area contributed by atoms with E-state index < -0.39 is 0 Å². The van der Waals surface area contributed by atoms with Crippen LogP contribution in [0.4, 0.5) is 4.39 Å². The van der Waals surface area contributed by atoms with Crippen molar-refractivity contribution in [3.8, 4) is 22.4 Å². The minimum atomic E-state index is -0.238. The number of pyridine rings is 1. The summed E-state index contributed by atoms with van der Waals surface area (Å²) in [5.74, 6) is 2.13. The zero-order chi connectivity index (χ0) is 25.8. The summed E-state index contributed by atoms with van der Waals surface area (Å²) in [6.07, 6.45) is 11.6. The van der Waals surface area contributed by atoms with E-state index in [-0.39, 0.29) is 5.82 Å². The van der Waals surface area contributed by atoms with Gasteiger partial charge in [0.1, 0.15) is 24.0 Å². The van der Waals surface area contributed by atoms with Crippen molar-refractivity contribution in [2.75, 3.05) is 0 Å². The molecule has 3 heteroatoms. The quantitative estimate of drug-likeness (QED) is 0.223. The normalized spacial score (nSPS) is 20.2. The summed E-state index contributed by atoms with van der Waals surface area (Å²) in [5.41, 5.74) is 7.59. The minimum absolute atomic E-state index is 0.238. The molecule has 2 fully saturated rings. The molecule has 2 saturated carbocycles. The maximum Gasteiger partial charge on any atom is 0.216 e. The first kappa shape index (κ1) is 23.6. The Hall–Kier alpha value is -3.46. The van der Waals surface area contributed by atoms with Crippen LogP contribution in [-0.4, -0.2) is 0 Å². The van der Waals surface area contributed by atoms with Crippen LogP contribution in [0.3, 0.4) is 0 Å². The minimum Gasteiger partial charge on any atom is -0.454 e. The highest BCUT2D eigenvalue weighted by Crippen LogP contribution is 2.49. The molecule has 192 valence electrons. The topological polar surface area (TPSA) is 17.0 Å². The Morgan fingerprint density at radius 2 is 1.50 bits per heavy atom. The number of aryl methyl sites for hydroxylation is 2. The lowest BCUT2D eigenvalue weighted by Gasteiger charge is -2.26. The molecule has 0 N–H and O–H groups in total. The van der Waals surface area contributed by atoms with Gasteiger partial charge in [0.2, 0.25) is 5.69 Å². The van der Waals surface area contributed by atoms with Gasteiger partial charge < -0.3 is 4.42 Å². The Labute approximate surface area is 224 Å². The number of hydrogen-bond acceptors (Lipinski definition) is 1. The molecule has 2 aliphatic carbocycles. The molecule has 2 atom stereocenters. The van der Waals surface area contributed by atoms with Gasteiger partial charge in [0.05, 0.1) is 11.1 Å². The molecule has 0 aliphatic heterocycles. The van der Waals surface area contributed by atoms with Crippen LogP contribution in [0.15, 0.2) is 77.3 Å². The highest BCUT2D eigenvalue weighted by molar-refractivity contribution is 6.13. The summed E-state index contributed by atoms with van der Waals surface area (Å²) in [6, 6.07) is 22.6. The second-order valence-corrected chi connectivity index (χ2v) is 11.6. The zero-order valence-corrected chi connectivity index (χ0v) is 22.3. The van der Waals surface area contributed by atoms with Gasteiger partial charge in [-0.25, -0.2) is 8.96 Å². The molecule has 3 aromatic carbocycles. The molecule has 7 rings (SSSR count). The molecule has 0 amide bonds. The Balaban J connectivity index is 1.34. The zero-order valence-electron chi connectivity index (χ0n) is 22.3. The molecule has 0 radical (unpaired) electrons. The van der Waals surface area contributed by atoms with Crippen LogP contribution in [0.5, 0.6) is 0 Å². The second-order valence-electron chi connectivity index (χ2n) is 11.6. The number of hydrogen-bond donors (Lipinski definition) is 0. The van der Waals surface area contributed by atoms with Gasteiger partial charge in [0.15, 0.2) is 6.20 Å². The second kappa shape index (κ2) is 9.38. The average molecular weight is 505 g/mol. The van der Waals surface area contributed by atoms with Crippen molar-refractivity contribution >= 4 is 21.9 Å².